The topological polar surface area (TPSA) is 12.0 Å². The van der Waals surface area contributed by atoms with Crippen LogP contribution in [0.2, 0.25) is 0 Å². The minimum absolute atomic E-state index is 0.170. The van der Waals surface area contributed by atoms with Crippen LogP contribution in [0.5, 0.6) is 0 Å². The van der Waals surface area contributed by atoms with Crippen molar-refractivity contribution in [3.63, 3.8) is 0 Å². The van der Waals surface area contributed by atoms with Gasteiger partial charge >= 0.3 is 0 Å². The van der Waals surface area contributed by atoms with Crippen LogP contribution < -0.4 is 5.32 Å². The second-order valence-corrected chi connectivity index (χ2v) is 7.31. The molecule has 1 nitrogen and oxygen atoms in total. The molecule has 1 atom stereocenters. The van der Waals surface area contributed by atoms with Gasteiger partial charge in [-0.2, -0.15) is 0 Å². The van der Waals surface area contributed by atoms with E-state index in [1.54, 1.807) is 0 Å². The molecule has 1 N–H and O–H groups in total. The van der Waals surface area contributed by atoms with E-state index in [1.165, 1.54) is 12.8 Å². The SMILES string of the molecule is C=C(NCC(C)CCC(C)(C)C)C(C)(C)C. The Hall–Kier alpha value is -0.460. The Morgan fingerprint density at radius 2 is 1.62 bits per heavy atom. The molecule has 0 rings (SSSR count). The van der Waals surface area contributed by atoms with Gasteiger partial charge in [-0.15, -0.1) is 0 Å². The highest BCUT2D eigenvalue weighted by Crippen LogP contribution is 2.24. The molecule has 0 aromatic rings. The fourth-order valence-corrected chi connectivity index (χ4v) is 1.34. The largest absolute Gasteiger partial charge is 0.388 e. The molecule has 0 aliphatic heterocycles. The Labute approximate surface area is 103 Å². The lowest BCUT2D eigenvalue weighted by molar-refractivity contribution is 0.323. The summed E-state index contributed by atoms with van der Waals surface area (Å²) in [5.74, 6) is 0.721. The monoisotopic (exact) mass is 225 g/mol. The van der Waals surface area contributed by atoms with Gasteiger partial charge in [0.1, 0.15) is 0 Å². The molecule has 0 aliphatic carbocycles. The zero-order valence-electron chi connectivity index (χ0n) is 12.4. The van der Waals surface area contributed by atoms with Gasteiger partial charge in [-0.25, -0.2) is 0 Å². The minimum atomic E-state index is 0.170. The molecule has 0 aromatic carbocycles. The molecule has 0 amide bonds. The van der Waals surface area contributed by atoms with Crippen molar-refractivity contribution in [1.29, 1.82) is 0 Å². The first-order valence-electron chi connectivity index (χ1n) is 6.45. The lowest BCUT2D eigenvalue weighted by Crippen LogP contribution is -2.27. The van der Waals surface area contributed by atoms with Gasteiger partial charge in [-0.05, 0) is 24.2 Å². The highest BCUT2D eigenvalue weighted by Gasteiger charge is 2.16. The summed E-state index contributed by atoms with van der Waals surface area (Å²) < 4.78 is 0. The summed E-state index contributed by atoms with van der Waals surface area (Å²) in [6, 6.07) is 0. The summed E-state index contributed by atoms with van der Waals surface area (Å²) >= 11 is 0. The van der Waals surface area contributed by atoms with Crippen molar-refractivity contribution in [2.45, 2.75) is 61.3 Å². The van der Waals surface area contributed by atoms with Gasteiger partial charge in [0.2, 0.25) is 0 Å². The molecule has 16 heavy (non-hydrogen) atoms. The van der Waals surface area contributed by atoms with Gasteiger partial charge in [-0.3, -0.25) is 0 Å². The molecule has 0 aromatic heterocycles. The molecule has 1 unspecified atom stereocenters. The van der Waals surface area contributed by atoms with Crippen LogP contribution in [0.3, 0.4) is 0 Å². The van der Waals surface area contributed by atoms with Gasteiger partial charge in [0.05, 0.1) is 0 Å². The molecule has 0 spiro atoms. The molecule has 0 fully saturated rings. The third kappa shape index (κ3) is 7.78. The molecule has 0 saturated carbocycles. The van der Waals surface area contributed by atoms with Crippen LogP contribution >= 0.6 is 0 Å². The van der Waals surface area contributed by atoms with Crippen molar-refractivity contribution in [2.75, 3.05) is 6.54 Å². The third-order valence-electron chi connectivity index (χ3n) is 2.96. The standard InChI is InChI=1S/C15H31N/c1-12(9-10-14(3,4)5)11-16-13(2)15(6,7)8/h12,16H,2,9-11H2,1,3-8H3. The van der Waals surface area contributed by atoms with E-state index in [1.807, 2.05) is 0 Å². The van der Waals surface area contributed by atoms with Crippen LogP contribution in [-0.2, 0) is 0 Å². The number of hydrogen-bond acceptors (Lipinski definition) is 1. The highest BCUT2D eigenvalue weighted by molar-refractivity contribution is 5.02. The molecule has 1 heteroatoms. The fourth-order valence-electron chi connectivity index (χ4n) is 1.34. The van der Waals surface area contributed by atoms with Crippen LogP contribution in [0.25, 0.3) is 0 Å². The Morgan fingerprint density at radius 3 is 2.00 bits per heavy atom. The quantitative estimate of drug-likeness (QED) is 0.721. The fraction of sp³-hybridized carbons (Fsp3) is 0.867. The maximum Gasteiger partial charge on any atom is 0.0169 e. The smallest absolute Gasteiger partial charge is 0.0169 e. The summed E-state index contributed by atoms with van der Waals surface area (Å²) in [7, 11) is 0. The Kier molecular flexibility index (Phi) is 5.58. The number of rotatable bonds is 5. The number of allylic oxidation sites excluding steroid dienone is 1. The average Bonchev–Trinajstić information content (AvgIpc) is 2.08. The van der Waals surface area contributed by atoms with E-state index in [2.05, 4.69) is 60.4 Å². The molecular weight excluding hydrogens is 194 g/mol. The predicted octanol–water partition coefficient (Wildman–Crippen LogP) is 4.60. The van der Waals surface area contributed by atoms with Crippen LogP contribution in [0.4, 0.5) is 0 Å². The van der Waals surface area contributed by atoms with E-state index in [-0.39, 0.29) is 5.41 Å². The Bertz CT molecular complexity index is 215. The third-order valence-corrected chi connectivity index (χ3v) is 2.96. The van der Waals surface area contributed by atoms with E-state index in [0.717, 1.165) is 18.2 Å². The van der Waals surface area contributed by atoms with Crippen LogP contribution in [0.1, 0.15) is 61.3 Å². The lowest BCUT2D eigenvalue weighted by Gasteiger charge is -2.26. The zero-order chi connectivity index (χ0) is 13.0. The molecule has 0 aliphatic rings. The van der Waals surface area contributed by atoms with Crippen LogP contribution in [0.15, 0.2) is 12.3 Å². The second-order valence-electron chi connectivity index (χ2n) is 7.31. The molecular formula is C15H31N. The summed E-state index contributed by atoms with van der Waals surface area (Å²) in [5.41, 5.74) is 1.77. The molecule has 0 radical (unpaired) electrons. The van der Waals surface area contributed by atoms with Gasteiger partial charge in [0.15, 0.2) is 0 Å². The first-order chi connectivity index (χ1) is 7.02. The average molecular weight is 225 g/mol. The normalized spacial score (nSPS) is 14.7. The number of nitrogens with one attached hydrogen (secondary N) is 1. The van der Waals surface area contributed by atoms with Crippen molar-refractivity contribution < 1.29 is 0 Å². The maximum absolute atomic E-state index is 4.10. The van der Waals surface area contributed by atoms with Gasteiger partial charge < -0.3 is 5.32 Å². The minimum Gasteiger partial charge on any atom is -0.388 e. The molecule has 0 heterocycles. The molecule has 96 valence electrons. The van der Waals surface area contributed by atoms with Gasteiger partial charge in [0, 0.05) is 17.7 Å². The maximum atomic E-state index is 4.10. The van der Waals surface area contributed by atoms with E-state index < -0.39 is 0 Å². The number of hydrogen-bond donors (Lipinski definition) is 1. The van der Waals surface area contributed by atoms with Crippen molar-refractivity contribution in [1.82, 2.24) is 5.32 Å². The van der Waals surface area contributed by atoms with Crippen LogP contribution in [0, 0.1) is 16.7 Å². The summed E-state index contributed by atoms with van der Waals surface area (Å²) in [5, 5.41) is 3.46. The van der Waals surface area contributed by atoms with Crippen LogP contribution in [-0.4, -0.2) is 6.54 Å². The lowest BCUT2D eigenvalue weighted by atomic mass is 9.87. The zero-order valence-corrected chi connectivity index (χ0v) is 12.4. The van der Waals surface area contributed by atoms with Crippen molar-refractivity contribution in [2.24, 2.45) is 16.7 Å². The second kappa shape index (κ2) is 5.75. The Balaban J connectivity index is 3.83. The van der Waals surface area contributed by atoms with E-state index >= 15 is 0 Å². The first kappa shape index (κ1) is 15.5. The van der Waals surface area contributed by atoms with Crippen molar-refractivity contribution in [3.05, 3.63) is 12.3 Å². The van der Waals surface area contributed by atoms with Gasteiger partial charge in [-0.1, -0.05) is 55.0 Å². The van der Waals surface area contributed by atoms with E-state index in [9.17, 15) is 0 Å². The molecule has 0 saturated heterocycles. The van der Waals surface area contributed by atoms with Crippen molar-refractivity contribution in [3.8, 4) is 0 Å². The molecule has 0 bridgehead atoms. The van der Waals surface area contributed by atoms with E-state index in [4.69, 9.17) is 0 Å². The summed E-state index contributed by atoms with van der Waals surface area (Å²) in [6.45, 7) is 21.0. The van der Waals surface area contributed by atoms with Gasteiger partial charge in [0.25, 0.3) is 0 Å². The highest BCUT2D eigenvalue weighted by atomic mass is 14.9. The Morgan fingerprint density at radius 1 is 1.12 bits per heavy atom. The van der Waals surface area contributed by atoms with E-state index in [0.29, 0.717) is 5.41 Å². The first-order valence-corrected chi connectivity index (χ1v) is 6.45. The predicted molar refractivity (Wildman–Crippen MR) is 74.5 cm³/mol. The summed E-state index contributed by atoms with van der Waals surface area (Å²) in [4.78, 5) is 0. The summed E-state index contributed by atoms with van der Waals surface area (Å²) in [6.07, 6.45) is 2.58. The van der Waals surface area contributed by atoms with Crippen molar-refractivity contribution >= 4 is 0 Å².